The summed E-state index contributed by atoms with van der Waals surface area (Å²) in [5.41, 5.74) is 1.05. The number of carbonyl (C=O) groups excluding carboxylic acids is 2. The highest BCUT2D eigenvalue weighted by atomic mass is 16.5. The molecule has 1 aromatic rings. The zero-order chi connectivity index (χ0) is 20.3. The van der Waals surface area contributed by atoms with Crippen molar-refractivity contribution in [2.45, 2.75) is 62.5 Å². The first-order valence-electron chi connectivity index (χ1n) is 11.0. The molecule has 6 nitrogen and oxygen atoms in total. The molecule has 158 valence electrons. The summed E-state index contributed by atoms with van der Waals surface area (Å²) in [5.74, 6) is -0.303. The molecule has 4 rings (SSSR count). The number of nitrogens with zero attached hydrogens (tertiary/aromatic N) is 1. The molecular formula is C23H32N2O4. The average Bonchev–Trinajstić information content (AvgIpc) is 3.27. The molecule has 2 atom stereocenters. The van der Waals surface area contributed by atoms with Crippen LogP contribution in [0.25, 0.3) is 0 Å². The second-order valence-electron chi connectivity index (χ2n) is 8.51. The molecule has 1 N–H and O–H groups in total. The van der Waals surface area contributed by atoms with Crippen molar-refractivity contribution in [2.24, 2.45) is 0 Å². The van der Waals surface area contributed by atoms with Gasteiger partial charge >= 0.3 is 0 Å². The van der Waals surface area contributed by atoms with Gasteiger partial charge in [-0.15, -0.1) is 0 Å². The lowest BCUT2D eigenvalue weighted by atomic mass is 9.65. The number of methoxy groups -OCH3 is 1. The third-order valence-corrected chi connectivity index (χ3v) is 6.85. The number of hydrogen-bond donors (Lipinski definition) is 1. The Kier molecular flexibility index (Phi) is 6.20. The summed E-state index contributed by atoms with van der Waals surface area (Å²) in [6.45, 7) is 2.30. The van der Waals surface area contributed by atoms with Crippen molar-refractivity contribution in [1.29, 1.82) is 0 Å². The van der Waals surface area contributed by atoms with E-state index < -0.39 is 5.54 Å². The molecule has 1 aliphatic carbocycles. The van der Waals surface area contributed by atoms with E-state index >= 15 is 0 Å². The topological polar surface area (TPSA) is 67.9 Å². The molecule has 0 aromatic heterocycles. The maximum absolute atomic E-state index is 13.6. The first-order chi connectivity index (χ1) is 14.2. The Labute approximate surface area is 172 Å². The van der Waals surface area contributed by atoms with Crippen LogP contribution in [0.2, 0.25) is 0 Å². The van der Waals surface area contributed by atoms with Gasteiger partial charge in [0, 0.05) is 32.4 Å². The summed E-state index contributed by atoms with van der Waals surface area (Å²) >= 11 is 0. The van der Waals surface area contributed by atoms with E-state index in [1.54, 1.807) is 7.11 Å². The van der Waals surface area contributed by atoms with Crippen LogP contribution in [0.3, 0.4) is 0 Å². The second-order valence-corrected chi connectivity index (χ2v) is 8.51. The van der Waals surface area contributed by atoms with Crippen LogP contribution >= 0.6 is 0 Å². The van der Waals surface area contributed by atoms with E-state index in [0.717, 1.165) is 57.1 Å². The minimum absolute atomic E-state index is 0.0183. The number of ether oxygens (including phenoxy) is 2. The van der Waals surface area contributed by atoms with Crippen LogP contribution in [0.5, 0.6) is 0 Å². The fraction of sp³-hybridized carbons (Fsp3) is 0.652. The molecule has 0 unspecified atom stereocenters. The Bertz CT molecular complexity index is 738. The van der Waals surface area contributed by atoms with Gasteiger partial charge in [-0.05, 0) is 37.3 Å². The molecular weight excluding hydrogens is 368 g/mol. The molecule has 2 heterocycles. The third-order valence-electron chi connectivity index (χ3n) is 6.85. The minimum atomic E-state index is -0.469. The van der Waals surface area contributed by atoms with Gasteiger partial charge in [-0.25, -0.2) is 0 Å². The van der Waals surface area contributed by atoms with Crippen LogP contribution < -0.4 is 5.32 Å². The quantitative estimate of drug-likeness (QED) is 0.797. The Morgan fingerprint density at radius 2 is 2.03 bits per heavy atom. The summed E-state index contributed by atoms with van der Waals surface area (Å²) < 4.78 is 11.0. The zero-order valence-corrected chi connectivity index (χ0v) is 17.3. The van der Waals surface area contributed by atoms with Crippen molar-refractivity contribution in [1.82, 2.24) is 10.2 Å². The molecule has 1 saturated carbocycles. The molecule has 1 aromatic carbocycles. The lowest BCUT2D eigenvalue weighted by molar-refractivity contribution is -0.128. The maximum Gasteiger partial charge on any atom is 0.254 e. The van der Waals surface area contributed by atoms with Crippen molar-refractivity contribution in [3.8, 4) is 0 Å². The summed E-state index contributed by atoms with van der Waals surface area (Å²) in [6, 6.07) is 7.64. The summed E-state index contributed by atoms with van der Waals surface area (Å²) in [6.07, 6.45) is 7.08. The predicted octanol–water partition coefficient (Wildman–Crippen LogP) is 2.87. The number of rotatable bonds is 6. The number of amides is 2. The van der Waals surface area contributed by atoms with Crippen molar-refractivity contribution >= 4 is 11.8 Å². The van der Waals surface area contributed by atoms with E-state index in [4.69, 9.17) is 9.47 Å². The first kappa shape index (κ1) is 20.4. The molecule has 1 spiro atoms. The molecule has 2 amide bonds. The van der Waals surface area contributed by atoms with Crippen molar-refractivity contribution in [2.75, 3.05) is 33.4 Å². The summed E-state index contributed by atoms with van der Waals surface area (Å²) in [4.78, 5) is 29.0. The SMILES string of the molecule is COCCN1C(=O)c2ccccc2[C@H](C(=O)NC[C@@H]2CCCO2)C12CCCCC2. The van der Waals surface area contributed by atoms with E-state index in [1.807, 2.05) is 29.2 Å². The first-order valence-corrected chi connectivity index (χ1v) is 11.0. The fourth-order valence-corrected chi connectivity index (χ4v) is 5.47. The monoisotopic (exact) mass is 400 g/mol. The predicted molar refractivity (Wildman–Crippen MR) is 110 cm³/mol. The van der Waals surface area contributed by atoms with Crippen LogP contribution in [0.1, 0.15) is 66.8 Å². The molecule has 2 aliphatic heterocycles. The van der Waals surface area contributed by atoms with Crippen molar-refractivity contribution in [3.63, 3.8) is 0 Å². The molecule has 29 heavy (non-hydrogen) atoms. The van der Waals surface area contributed by atoms with Crippen LogP contribution in [-0.4, -0.2) is 61.8 Å². The van der Waals surface area contributed by atoms with E-state index in [0.29, 0.717) is 25.3 Å². The summed E-state index contributed by atoms with van der Waals surface area (Å²) in [7, 11) is 1.65. The highest BCUT2D eigenvalue weighted by Gasteiger charge is 2.54. The van der Waals surface area contributed by atoms with Crippen molar-refractivity contribution < 1.29 is 19.1 Å². The molecule has 1 saturated heterocycles. The number of fused-ring (bicyclic) bond motifs is 1. The van der Waals surface area contributed by atoms with Crippen LogP contribution in [0.4, 0.5) is 0 Å². The van der Waals surface area contributed by atoms with E-state index in [9.17, 15) is 9.59 Å². The molecule has 2 fully saturated rings. The number of nitrogens with one attached hydrogen (secondary N) is 1. The molecule has 3 aliphatic rings. The number of benzene rings is 1. The normalized spacial score (nSPS) is 25.8. The minimum Gasteiger partial charge on any atom is -0.383 e. The lowest BCUT2D eigenvalue weighted by Gasteiger charge is -2.53. The van der Waals surface area contributed by atoms with Gasteiger partial charge in [0.25, 0.3) is 5.91 Å². The number of carbonyl (C=O) groups is 2. The zero-order valence-electron chi connectivity index (χ0n) is 17.3. The lowest BCUT2D eigenvalue weighted by Crippen LogP contribution is -2.63. The van der Waals surface area contributed by atoms with Crippen LogP contribution in [-0.2, 0) is 14.3 Å². The van der Waals surface area contributed by atoms with Crippen LogP contribution in [0.15, 0.2) is 24.3 Å². The standard InChI is InChI=1S/C23H32N2O4/c1-28-15-13-25-22(27)19-10-4-3-9-18(19)20(23(25)11-5-2-6-12-23)21(26)24-16-17-8-7-14-29-17/h3-4,9-10,17,20H,2,5-8,11-16H2,1H3,(H,24,26)/t17-,20+/m0/s1. The van der Waals surface area contributed by atoms with Crippen LogP contribution in [0, 0.1) is 0 Å². The van der Waals surface area contributed by atoms with E-state index in [2.05, 4.69) is 5.32 Å². The Morgan fingerprint density at radius 1 is 1.24 bits per heavy atom. The van der Waals surface area contributed by atoms with Gasteiger partial charge in [-0.1, -0.05) is 37.5 Å². The Balaban J connectivity index is 1.70. The highest BCUT2D eigenvalue weighted by molar-refractivity contribution is 6.02. The molecule has 0 bridgehead atoms. The average molecular weight is 401 g/mol. The van der Waals surface area contributed by atoms with Crippen molar-refractivity contribution in [3.05, 3.63) is 35.4 Å². The molecule has 6 heteroatoms. The smallest absolute Gasteiger partial charge is 0.254 e. The van der Waals surface area contributed by atoms with Gasteiger partial charge in [0.15, 0.2) is 0 Å². The van der Waals surface area contributed by atoms with Gasteiger partial charge in [-0.2, -0.15) is 0 Å². The van der Waals surface area contributed by atoms with Gasteiger partial charge in [0.05, 0.1) is 24.2 Å². The van der Waals surface area contributed by atoms with Gasteiger partial charge in [0.1, 0.15) is 0 Å². The highest BCUT2D eigenvalue weighted by Crippen LogP contribution is 2.49. The fourth-order valence-electron chi connectivity index (χ4n) is 5.47. The van der Waals surface area contributed by atoms with Gasteiger partial charge < -0.3 is 19.7 Å². The van der Waals surface area contributed by atoms with Gasteiger partial charge in [0.2, 0.25) is 5.91 Å². The largest absolute Gasteiger partial charge is 0.383 e. The Hall–Kier alpha value is -1.92. The van der Waals surface area contributed by atoms with Gasteiger partial charge in [-0.3, -0.25) is 9.59 Å². The van der Waals surface area contributed by atoms with E-state index in [-0.39, 0.29) is 23.8 Å². The second kappa shape index (κ2) is 8.84. The third kappa shape index (κ3) is 3.80. The summed E-state index contributed by atoms with van der Waals surface area (Å²) in [5, 5.41) is 3.17. The molecule has 0 radical (unpaired) electrons. The van der Waals surface area contributed by atoms with E-state index in [1.165, 1.54) is 0 Å². The number of hydrogen-bond acceptors (Lipinski definition) is 4. The maximum atomic E-state index is 13.6. The Morgan fingerprint density at radius 3 is 2.76 bits per heavy atom.